The Labute approximate surface area is 149 Å². The van der Waals surface area contributed by atoms with Gasteiger partial charge in [0.2, 0.25) is 0 Å². The number of nitrogens with zero attached hydrogens (tertiary/aromatic N) is 2. The Bertz CT molecular complexity index is 699. The zero-order valence-electron chi connectivity index (χ0n) is 15.0. The maximum Gasteiger partial charge on any atom is 0.255 e. The predicted octanol–water partition coefficient (Wildman–Crippen LogP) is 2.52. The number of carbonyl (C=O) groups excluding carboxylic acids is 1. The van der Waals surface area contributed by atoms with Crippen LogP contribution in [0.2, 0.25) is 0 Å². The van der Waals surface area contributed by atoms with Crippen LogP contribution in [0.4, 0.5) is 11.4 Å². The van der Waals surface area contributed by atoms with Crippen LogP contribution < -0.4 is 4.90 Å². The fourth-order valence-corrected chi connectivity index (χ4v) is 2.74. The maximum atomic E-state index is 12.9. The second-order valence-corrected chi connectivity index (χ2v) is 6.70. The summed E-state index contributed by atoms with van der Waals surface area (Å²) in [5.41, 5.74) is 1.64. The highest BCUT2D eigenvalue weighted by Gasteiger charge is 2.28. The van der Waals surface area contributed by atoms with Gasteiger partial charge in [-0.2, -0.15) is 0 Å². The van der Waals surface area contributed by atoms with Gasteiger partial charge in [-0.15, -0.1) is 0 Å². The minimum Gasteiger partial charge on any atom is -0.396 e. The van der Waals surface area contributed by atoms with E-state index in [1.165, 1.54) is 0 Å². The lowest BCUT2D eigenvalue weighted by atomic mass is 9.92. The van der Waals surface area contributed by atoms with Crippen molar-refractivity contribution in [2.45, 2.75) is 6.92 Å². The first kappa shape index (κ1) is 19.0. The lowest BCUT2D eigenvalue weighted by molar-refractivity contribution is 0.0366. The van der Waals surface area contributed by atoms with Crippen molar-refractivity contribution in [3.63, 3.8) is 0 Å². The van der Waals surface area contributed by atoms with E-state index in [1.54, 1.807) is 24.9 Å². The Hall–Kier alpha value is -2.37. The molecule has 2 rings (SSSR count). The average Bonchev–Trinajstić information content (AvgIpc) is 2.67. The quantitative estimate of drug-likeness (QED) is 0.811. The van der Waals surface area contributed by atoms with Gasteiger partial charge in [-0.3, -0.25) is 4.79 Å². The van der Waals surface area contributed by atoms with Gasteiger partial charge in [0.1, 0.15) is 0 Å². The van der Waals surface area contributed by atoms with Crippen molar-refractivity contribution in [3.8, 4) is 0 Å². The molecule has 0 unspecified atom stereocenters. The van der Waals surface area contributed by atoms with Gasteiger partial charge in [-0.05, 0) is 24.3 Å². The first-order valence-corrected chi connectivity index (χ1v) is 8.27. The zero-order valence-corrected chi connectivity index (χ0v) is 15.0. The summed E-state index contributed by atoms with van der Waals surface area (Å²) in [6, 6.07) is 17.3. The van der Waals surface area contributed by atoms with Gasteiger partial charge in [0.05, 0.1) is 24.5 Å². The van der Waals surface area contributed by atoms with Gasteiger partial charge < -0.3 is 20.0 Å². The SMILES string of the molecule is CN(CC(C)(CO)CO)C(=O)c1ccccc1N(C)c1ccccc1. The molecule has 0 aliphatic rings. The summed E-state index contributed by atoms with van der Waals surface area (Å²) in [5, 5.41) is 18.9. The molecule has 134 valence electrons. The highest BCUT2D eigenvalue weighted by Crippen LogP contribution is 2.28. The molecule has 0 fully saturated rings. The van der Waals surface area contributed by atoms with E-state index in [9.17, 15) is 15.0 Å². The molecule has 5 heteroatoms. The molecule has 0 radical (unpaired) electrons. The lowest BCUT2D eigenvalue weighted by Crippen LogP contribution is -2.41. The predicted molar refractivity (Wildman–Crippen MR) is 100 cm³/mol. The monoisotopic (exact) mass is 342 g/mol. The van der Waals surface area contributed by atoms with Gasteiger partial charge in [0, 0.05) is 31.7 Å². The van der Waals surface area contributed by atoms with Crippen LogP contribution >= 0.6 is 0 Å². The molecule has 0 atom stereocenters. The number of aliphatic hydroxyl groups excluding tert-OH is 2. The van der Waals surface area contributed by atoms with Gasteiger partial charge in [-0.1, -0.05) is 37.3 Å². The van der Waals surface area contributed by atoms with Crippen LogP contribution in [0.25, 0.3) is 0 Å². The first-order valence-electron chi connectivity index (χ1n) is 8.27. The van der Waals surface area contributed by atoms with E-state index in [4.69, 9.17) is 0 Å². The summed E-state index contributed by atoms with van der Waals surface area (Å²) in [7, 11) is 3.61. The summed E-state index contributed by atoms with van der Waals surface area (Å²) in [6.45, 7) is 1.64. The summed E-state index contributed by atoms with van der Waals surface area (Å²) in [4.78, 5) is 16.5. The van der Waals surface area contributed by atoms with Crippen molar-refractivity contribution in [3.05, 3.63) is 60.2 Å². The molecule has 25 heavy (non-hydrogen) atoms. The van der Waals surface area contributed by atoms with Crippen molar-refractivity contribution >= 4 is 17.3 Å². The fraction of sp³-hybridized carbons (Fsp3) is 0.350. The van der Waals surface area contributed by atoms with Crippen molar-refractivity contribution < 1.29 is 15.0 Å². The van der Waals surface area contributed by atoms with E-state index < -0.39 is 5.41 Å². The zero-order chi connectivity index (χ0) is 18.4. The highest BCUT2D eigenvalue weighted by molar-refractivity contribution is 6.00. The smallest absolute Gasteiger partial charge is 0.255 e. The largest absolute Gasteiger partial charge is 0.396 e. The Morgan fingerprint density at radius 1 is 0.960 bits per heavy atom. The number of amides is 1. The van der Waals surface area contributed by atoms with Crippen LogP contribution in [0.1, 0.15) is 17.3 Å². The maximum absolute atomic E-state index is 12.9. The summed E-state index contributed by atoms with van der Waals surface area (Å²) >= 11 is 0. The van der Waals surface area contributed by atoms with Gasteiger partial charge in [0.15, 0.2) is 0 Å². The Kier molecular flexibility index (Phi) is 6.17. The third kappa shape index (κ3) is 4.38. The molecule has 0 aliphatic carbocycles. The summed E-state index contributed by atoms with van der Waals surface area (Å²) < 4.78 is 0. The lowest BCUT2D eigenvalue weighted by Gasteiger charge is -2.31. The second kappa shape index (κ2) is 8.14. The number of para-hydroxylation sites is 2. The normalized spacial score (nSPS) is 11.2. The molecular formula is C20H26N2O3. The molecule has 5 nitrogen and oxygen atoms in total. The van der Waals surface area contributed by atoms with Crippen LogP contribution in [0.3, 0.4) is 0 Å². The Balaban J connectivity index is 2.29. The minimum atomic E-state index is -0.731. The van der Waals surface area contributed by atoms with Gasteiger partial charge in [0.25, 0.3) is 5.91 Å². The Morgan fingerprint density at radius 2 is 1.52 bits per heavy atom. The van der Waals surface area contributed by atoms with E-state index in [-0.39, 0.29) is 25.7 Å². The average molecular weight is 342 g/mol. The topological polar surface area (TPSA) is 64.0 Å². The molecule has 0 spiro atoms. The highest BCUT2D eigenvalue weighted by atomic mass is 16.3. The number of anilines is 2. The summed E-state index contributed by atoms with van der Waals surface area (Å²) in [6.07, 6.45) is 0. The molecule has 2 aromatic rings. The van der Waals surface area contributed by atoms with E-state index in [2.05, 4.69) is 0 Å². The fourth-order valence-electron chi connectivity index (χ4n) is 2.74. The molecule has 0 saturated heterocycles. The van der Waals surface area contributed by atoms with Gasteiger partial charge in [-0.25, -0.2) is 0 Å². The van der Waals surface area contributed by atoms with Crippen molar-refractivity contribution in [1.82, 2.24) is 4.90 Å². The summed E-state index contributed by atoms with van der Waals surface area (Å²) in [5.74, 6) is -0.147. The number of carbonyl (C=O) groups is 1. The molecule has 2 N–H and O–H groups in total. The first-order chi connectivity index (χ1) is 11.9. The third-order valence-corrected chi connectivity index (χ3v) is 4.37. The van der Waals surface area contributed by atoms with Crippen LogP contribution in [-0.2, 0) is 0 Å². The Morgan fingerprint density at radius 3 is 2.12 bits per heavy atom. The molecule has 0 aromatic heterocycles. The van der Waals surface area contributed by atoms with E-state index in [1.807, 2.05) is 60.5 Å². The van der Waals surface area contributed by atoms with Crippen molar-refractivity contribution in [2.24, 2.45) is 5.41 Å². The van der Waals surface area contributed by atoms with Crippen LogP contribution in [-0.4, -0.2) is 54.9 Å². The van der Waals surface area contributed by atoms with Crippen molar-refractivity contribution in [2.75, 3.05) is 38.8 Å². The van der Waals surface area contributed by atoms with E-state index >= 15 is 0 Å². The van der Waals surface area contributed by atoms with Gasteiger partial charge >= 0.3 is 0 Å². The number of hydrogen-bond donors (Lipinski definition) is 2. The molecule has 1 amide bonds. The molecule has 0 aliphatic heterocycles. The van der Waals surface area contributed by atoms with Crippen molar-refractivity contribution in [1.29, 1.82) is 0 Å². The second-order valence-electron chi connectivity index (χ2n) is 6.70. The van der Waals surface area contributed by atoms with Crippen LogP contribution in [0.15, 0.2) is 54.6 Å². The molecular weight excluding hydrogens is 316 g/mol. The van der Waals surface area contributed by atoms with Crippen LogP contribution in [0, 0.1) is 5.41 Å². The van der Waals surface area contributed by atoms with E-state index in [0.717, 1.165) is 11.4 Å². The molecule has 0 heterocycles. The standard InChI is InChI=1S/C20H26N2O3/c1-20(14-23,15-24)13-21(2)19(25)17-11-7-8-12-18(17)22(3)16-9-5-4-6-10-16/h4-12,23-24H,13-15H2,1-3H3. The molecule has 2 aromatic carbocycles. The number of aliphatic hydroxyl groups is 2. The minimum absolute atomic E-state index is 0.147. The number of benzene rings is 2. The molecule has 0 saturated carbocycles. The molecule has 0 bridgehead atoms. The van der Waals surface area contributed by atoms with Crippen LogP contribution in [0.5, 0.6) is 0 Å². The third-order valence-electron chi connectivity index (χ3n) is 4.37. The number of rotatable bonds is 7. The number of hydrogen-bond acceptors (Lipinski definition) is 4. The van der Waals surface area contributed by atoms with E-state index in [0.29, 0.717) is 5.56 Å².